The first kappa shape index (κ1) is 38.7. The maximum absolute atomic E-state index is 7.45. The Kier molecular flexibility index (Phi) is 10.3. The Labute approximate surface area is 282 Å². The maximum Gasteiger partial charge on any atom is 0.556 e. The maximum atomic E-state index is 7.45. The van der Waals surface area contributed by atoms with E-state index in [1.54, 1.807) is 0 Å². The van der Waals surface area contributed by atoms with Gasteiger partial charge in [-0.15, -0.1) is 0 Å². The predicted octanol–water partition coefficient (Wildman–Crippen LogP) is 7.90. The molecule has 266 valence electrons. The van der Waals surface area contributed by atoms with Gasteiger partial charge in [-0.1, -0.05) is 132 Å². The van der Waals surface area contributed by atoms with Gasteiger partial charge in [-0.2, -0.15) is 0 Å². The first-order valence-corrected chi connectivity index (χ1v) is 18.3. The van der Waals surface area contributed by atoms with Crippen LogP contribution in [0.2, 0.25) is 0 Å². The van der Waals surface area contributed by atoms with E-state index in [4.69, 9.17) is 41.5 Å². The number of hydrogen-bond donors (Lipinski definition) is 0. The molecule has 0 aromatic heterocycles. The standard InChI is InChI=1S/C33H66B4O9/c1-20(2)30(21(3)4)28(17)31(22(5)6,23(7)8)40-36-42-34(38-30)43-37(46-36)41-33(26(13)14,27(15)16)29(18,19)32(24(9)10,25(11)12)39-35(44-36)45-37/h20-28H,1-19H3/q-2. The molecule has 3 atom stereocenters. The van der Waals surface area contributed by atoms with E-state index in [-0.39, 0.29) is 53.3 Å². The van der Waals surface area contributed by atoms with E-state index in [9.17, 15) is 0 Å². The van der Waals surface area contributed by atoms with E-state index in [0.717, 1.165) is 0 Å². The molecule has 2 spiro atoms. The van der Waals surface area contributed by atoms with Gasteiger partial charge in [-0.05, 0) is 47.3 Å². The SMILES string of the molecule is CC(C)C1(C(C)C)OB2O[B-]3(OB4O[B-](O2)(O3)OC(C(C)C)(C(C)C)C(C)(C)C(C(C)C)(C(C)C)O4)OC(C(C)C)(C(C)C)C1C. The van der Waals surface area contributed by atoms with E-state index in [1.165, 1.54) is 0 Å². The molecule has 3 unspecified atom stereocenters. The molecule has 0 aromatic carbocycles. The topological polar surface area (TPSA) is 83.1 Å². The van der Waals surface area contributed by atoms with Crippen LogP contribution in [-0.4, -0.2) is 51.0 Å². The minimum absolute atomic E-state index is 0.00298. The van der Waals surface area contributed by atoms with E-state index in [0.29, 0.717) is 0 Å². The molecule has 13 heteroatoms. The summed E-state index contributed by atoms with van der Waals surface area (Å²) in [5.41, 5.74) is -3.71. The minimum Gasteiger partial charge on any atom is -0.679 e. The van der Waals surface area contributed by atoms with Crippen LogP contribution >= 0.6 is 0 Å². The van der Waals surface area contributed by atoms with Crippen molar-refractivity contribution in [3.8, 4) is 0 Å². The quantitative estimate of drug-likeness (QED) is 0.244. The van der Waals surface area contributed by atoms with Gasteiger partial charge in [0.25, 0.3) is 0 Å². The van der Waals surface area contributed by atoms with E-state index < -0.39 is 56.4 Å². The molecule has 0 amide bonds. The Morgan fingerprint density at radius 2 is 0.804 bits per heavy atom. The summed E-state index contributed by atoms with van der Waals surface area (Å²) in [6.07, 6.45) is 0. The molecule has 4 heterocycles. The molecule has 4 rings (SSSR count). The van der Waals surface area contributed by atoms with Crippen LogP contribution in [0.4, 0.5) is 0 Å². The summed E-state index contributed by atoms with van der Waals surface area (Å²) in [5, 5.41) is 0. The smallest absolute Gasteiger partial charge is 0.556 e. The van der Waals surface area contributed by atoms with Gasteiger partial charge in [0.2, 0.25) is 0 Å². The molecular weight excluding hydrogens is 584 g/mol. The first-order chi connectivity index (χ1) is 20.9. The third kappa shape index (κ3) is 5.10. The lowest BCUT2D eigenvalue weighted by molar-refractivity contribution is -0.285. The highest BCUT2D eigenvalue weighted by Gasteiger charge is 2.72. The lowest BCUT2D eigenvalue weighted by Gasteiger charge is -2.76. The van der Waals surface area contributed by atoms with E-state index in [1.807, 2.05) is 0 Å². The van der Waals surface area contributed by atoms with Crippen molar-refractivity contribution in [3.05, 3.63) is 0 Å². The van der Waals surface area contributed by atoms with Gasteiger partial charge < -0.3 is 41.5 Å². The van der Waals surface area contributed by atoms with E-state index >= 15 is 0 Å². The number of rotatable bonds is 8. The van der Waals surface area contributed by atoms with Crippen LogP contribution in [0.1, 0.15) is 132 Å². The van der Waals surface area contributed by atoms with Crippen LogP contribution < -0.4 is 0 Å². The van der Waals surface area contributed by atoms with Crippen molar-refractivity contribution in [3.63, 3.8) is 0 Å². The van der Waals surface area contributed by atoms with Gasteiger partial charge in [0.1, 0.15) is 0 Å². The molecule has 0 saturated carbocycles. The summed E-state index contributed by atoms with van der Waals surface area (Å²) in [7, 11) is -2.48. The summed E-state index contributed by atoms with van der Waals surface area (Å²) < 4.78 is 62.6. The lowest BCUT2D eigenvalue weighted by Crippen LogP contribution is -2.86. The van der Waals surface area contributed by atoms with Crippen LogP contribution in [0.3, 0.4) is 0 Å². The molecule has 4 saturated heterocycles. The van der Waals surface area contributed by atoms with Crippen LogP contribution in [0.15, 0.2) is 0 Å². The summed E-state index contributed by atoms with van der Waals surface area (Å²) in [6, 6.07) is 0. The Hall–Kier alpha value is -0.100. The highest BCUT2D eigenvalue weighted by Crippen LogP contribution is 2.62. The average Bonchev–Trinajstić information content (AvgIpc) is 2.88. The van der Waals surface area contributed by atoms with Crippen molar-refractivity contribution in [1.82, 2.24) is 0 Å². The van der Waals surface area contributed by atoms with Crippen molar-refractivity contribution in [2.45, 2.75) is 154 Å². The third-order valence-corrected chi connectivity index (χ3v) is 13.1. The van der Waals surface area contributed by atoms with Gasteiger partial charge in [-0.25, -0.2) is 0 Å². The molecule has 0 N–H and O–H groups in total. The Balaban J connectivity index is 2.06. The first-order valence-electron chi connectivity index (χ1n) is 18.3. The molecule has 4 bridgehead atoms. The van der Waals surface area contributed by atoms with Crippen LogP contribution in [-0.2, 0) is 41.5 Å². The minimum atomic E-state index is -3.04. The summed E-state index contributed by atoms with van der Waals surface area (Å²) in [4.78, 5) is 0. The molecule has 46 heavy (non-hydrogen) atoms. The fraction of sp³-hybridized carbons (Fsp3) is 1.00. The predicted molar refractivity (Wildman–Crippen MR) is 185 cm³/mol. The fourth-order valence-electron chi connectivity index (χ4n) is 11.9. The zero-order chi connectivity index (χ0) is 35.2. The monoisotopic (exact) mass is 651 g/mol. The third-order valence-electron chi connectivity index (χ3n) is 13.1. The molecule has 4 aliphatic rings. The summed E-state index contributed by atoms with van der Waals surface area (Å²) in [6.45, 7) is 35.7. The summed E-state index contributed by atoms with van der Waals surface area (Å²) >= 11 is 0. The van der Waals surface area contributed by atoms with Gasteiger partial charge in [0, 0.05) is 22.5 Å². The van der Waals surface area contributed by atoms with Crippen molar-refractivity contribution in [2.75, 3.05) is 0 Å². The van der Waals surface area contributed by atoms with Crippen molar-refractivity contribution < 1.29 is 41.5 Å². The molecule has 9 nitrogen and oxygen atoms in total. The Morgan fingerprint density at radius 1 is 0.457 bits per heavy atom. The molecule has 4 aliphatic heterocycles. The van der Waals surface area contributed by atoms with Crippen LogP contribution in [0, 0.1) is 58.7 Å². The van der Waals surface area contributed by atoms with Gasteiger partial charge in [-0.3, -0.25) is 0 Å². The van der Waals surface area contributed by atoms with Crippen molar-refractivity contribution in [1.29, 1.82) is 0 Å². The Bertz CT molecular complexity index is 1060. The van der Waals surface area contributed by atoms with Gasteiger partial charge in [0.15, 0.2) is 0 Å². The second-order valence-corrected chi connectivity index (χ2v) is 17.8. The van der Waals surface area contributed by atoms with Crippen LogP contribution in [0.25, 0.3) is 0 Å². The normalized spacial score (nSPS) is 33.3. The number of fused-ring (bicyclic) bond motifs is 2. The highest BCUT2D eigenvalue weighted by atomic mass is 17.1. The molecule has 4 fully saturated rings. The molecular formula is C33H66B4O9-2. The fourth-order valence-corrected chi connectivity index (χ4v) is 11.9. The number of hydrogen-bond acceptors (Lipinski definition) is 9. The Morgan fingerprint density at radius 3 is 1.15 bits per heavy atom. The van der Waals surface area contributed by atoms with Gasteiger partial charge >= 0.3 is 28.6 Å². The average molecular weight is 650 g/mol. The summed E-state index contributed by atoms with van der Waals surface area (Å²) in [5.74, 6) is 0.236. The van der Waals surface area contributed by atoms with Crippen LogP contribution in [0.5, 0.6) is 0 Å². The van der Waals surface area contributed by atoms with Crippen molar-refractivity contribution in [2.24, 2.45) is 58.7 Å². The second kappa shape index (κ2) is 12.3. The van der Waals surface area contributed by atoms with E-state index in [2.05, 4.69) is 132 Å². The zero-order valence-corrected chi connectivity index (χ0v) is 32.7. The lowest BCUT2D eigenvalue weighted by atomic mass is 9.49. The molecule has 0 aliphatic carbocycles. The van der Waals surface area contributed by atoms with Gasteiger partial charge in [0.05, 0.1) is 11.2 Å². The zero-order valence-electron chi connectivity index (χ0n) is 32.7. The highest BCUT2D eigenvalue weighted by molar-refractivity contribution is 6.85. The molecule has 0 radical (unpaired) electrons. The van der Waals surface area contributed by atoms with Crippen molar-refractivity contribution >= 4 is 28.6 Å². The second-order valence-electron chi connectivity index (χ2n) is 17.8. The largest absolute Gasteiger partial charge is 0.679 e. The molecule has 0 aromatic rings.